The topological polar surface area (TPSA) is 53.2 Å². The summed E-state index contributed by atoms with van der Waals surface area (Å²) in [6.07, 6.45) is 21.9. The molecular formula is C28H42ClN3O. The molecule has 0 unspecified atom stereocenters. The van der Waals surface area contributed by atoms with Crippen LogP contribution in [0.1, 0.15) is 102 Å². The molecule has 0 saturated carbocycles. The second-order valence-electron chi connectivity index (χ2n) is 8.84. The molecule has 0 atom stereocenters. The van der Waals surface area contributed by atoms with Gasteiger partial charge in [-0.1, -0.05) is 71.6 Å². The molecule has 0 radical (unpaired) electrons. The molecular weight excluding hydrogens is 430 g/mol. The smallest absolute Gasteiger partial charge is 0.147 e. The molecule has 4 nitrogen and oxygen atoms in total. The molecule has 3 rings (SSSR count). The second kappa shape index (κ2) is 15.6. The molecule has 1 aliphatic heterocycles. The van der Waals surface area contributed by atoms with E-state index >= 15 is 0 Å². The fourth-order valence-corrected chi connectivity index (χ4v) is 4.11. The van der Waals surface area contributed by atoms with Gasteiger partial charge in [-0.3, -0.25) is 0 Å². The van der Waals surface area contributed by atoms with Crippen LogP contribution in [0.2, 0.25) is 0 Å². The maximum atomic E-state index is 5.96. The lowest BCUT2D eigenvalue weighted by Gasteiger charge is -2.05. The molecule has 3 heterocycles. The maximum Gasteiger partial charge on any atom is 0.147 e. The van der Waals surface area contributed by atoms with Crippen LogP contribution in [0.3, 0.4) is 0 Å². The van der Waals surface area contributed by atoms with E-state index < -0.39 is 0 Å². The van der Waals surface area contributed by atoms with Gasteiger partial charge in [-0.2, -0.15) is 0 Å². The second-order valence-corrected chi connectivity index (χ2v) is 8.84. The number of hydrogen-bond acceptors (Lipinski definition) is 2. The van der Waals surface area contributed by atoms with Gasteiger partial charge in [0.25, 0.3) is 0 Å². The van der Waals surface area contributed by atoms with Crippen molar-refractivity contribution in [2.24, 2.45) is 4.99 Å². The summed E-state index contributed by atoms with van der Waals surface area (Å²) in [5.41, 5.74) is 5.21. The highest BCUT2D eigenvalue weighted by Gasteiger charge is 2.18. The molecule has 2 N–H and O–H groups in total. The number of aryl methyl sites for hydroxylation is 1. The number of aromatic amines is 2. The van der Waals surface area contributed by atoms with Gasteiger partial charge in [0.2, 0.25) is 0 Å². The van der Waals surface area contributed by atoms with Crippen LogP contribution in [0.4, 0.5) is 0 Å². The lowest BCUT2D eigenvalue weighted by molar-refractivity contribution is 0.222. The van der Waals surface area contributed by atoms with E-state index in [-0.39, 0.29) is 12.4 Å². The summed E-state index contributed by atoms with van der Waals surface area (Å²) < 4.78 is 5.96. The fraction of sp³-hybridized carbons (Fsp3) is 0.536. The first-order chi connectivity index (χ1) is 15.8. The Morgan fingerprint density at radius 2 is 1.61 bits per heavy atom. The summed E-state index contributed by atoms with van der Waals surface area (Å²) in [7, 11) is 0. The fourth-order valence-electron chi connectivity index (χ4n) is 4.11. The molecule has 0 amide bonds. The Hall–Kier alpha value is -2.20. The van der Waals surface area contributed by atoms with Crippen LogP contribution >= 0.6 is 12.4 Å². The van der Waals surface area contributed by atoms with Gasteiger partial charge in [0.05, 0.1) is 18.0 Å². The summed E-state index contributed by atoms with van der Waals surface area (Å²) in [5, 5.41) is 0. The van der Waals surface area contributed by atoms with E-state index in [1.54, 1.807) is 0 Å². The Bertz CT molecular complexity index is 877. The normalized spacial score (nSPS) is 14.3. The first kappa shape index (κ1) is 27.0. The van der Waals surface area contributed by atoms with Crippen LogP contribution < -0.4 is 0 Å². The third-order valence-electron chi connectivity index (χ3n) is 5.96. The molecule has 0 aliphatic carbocycles. The molecule has 0 spiro atoms. The van der Waals surface area contributed by atoms with Crippen LogP contribution in [0, 0.1) is 0 Å². The van der Waals surface area contributed by atoms with E-state index in [2.05, 4.69) is 42.0 Å². The van der Waals surface area contributed by atoms with Gasteiger partial charge in [-0.25, -0.2) is 4.99 Å². The molecule has 0 saturated heterocycles. The van der Waals surface area contributed by atoms with Crippen molar-refractivity contribution in [3.8, 4) is 0 Å². The van der Waals surface area contributed by atoms with E-state index in [1.165, 1.54) is 69.9 Å². The monoisotopic (exact) mass is 471 g/mol. The minimum atomic E-state index is 0. The Balaban J connectivity index is 0.00000385. The Morgan fingerprint density at radius 1 is 0.879 bits per heavy atom. The van der Waals surface area contributed by atoms with Crippen molar-refractivity contribution in [1.29, 1.82) is 0 Å². The minimum absolute atomic E-state index is 0. The summed E-state index contributed by atoms with van der Waals surface area (Å²) in [5.74, 6) is 0.849. The average Bonchev–Trinajstić information content (AvgIpc) is 3.55. The standard InChI is InChI=1S/C28H41N3O.ClH/c1-3-5-6-7-8-9-10-11-12-13-15-23-17-18-24(30-23)21-27-28(32-20-4-2)22-26(31-27)25-16-14-19-29-25;/h14,16-19,21-22,29-30H,3-13,15,20H2,1-2H3;1H. The number of nitrogens with zero attached hydrogens (tertiary/aromatic N) is 1. The van der Waals surface area contributed by atoms with E-state index in [9.17, 15) is 0 Å². The Labute approximate surface area is 206 Å². The number of aliphatic imine (C=N–C) groups is 1. The van der Waals surface area contributed by atoms with Crippen LogP contribution in [0.5, 0.6) is 0 Å². The number of ether oxygens (including phenoxy) is 1. The highest BCUT2D eigenvalue weighted by Crippen LogP contribution is 2.25. The molecule has 1 aliphatic rings. The van der Waals surface area contributed by atoms with Gasteiger partial charge in [0.15, 0.2) is 0 Å². The highest BCUT2D eigenvalue weighted by atomic mass is 35.5. The molecule has 5 heteroatoms. The van der Waals surface area contributed by atoms with Gasteiger partial charge < -0.3 is 14.7 Å². The predicted octanol–water partition coefficient (Wildman–Crippen LogP) is 8.38. The zero-order chi connectivity index (χ0) is 22.4. The highest BCUT2D eigenvalue weighted by molar-refractivity contribution is 6.11. The Morgan fingerprint density at radius 3 is 2.27 bits per heavy atom. The van der Waals surface area contributed by atoms with Crippen molar-refractivity contribution >= 4 is 24.2 Å². The lowest BCUT2D eigenvalue weighted by Crippen LogP contribution is -1.95. The van der Waals surface area contributed by atoms with Crippen molar-refractivity contribution in [2.45, 2.75) is 90.9 Å². The summed E-state index contributed by atoms with van der Waals surface area (Å²) in [6.45, 7) is 5.10. The zero-order valence-corrected chi connectivity index (χ0v) is 21.3. The summed E-state index contributed by atoms with van der Waals surface area (Å²) in [6, 6.07) is 8.39. The minimum Gasteiger partial charge on any atom is -0.491 e. The van der Waals surface area contributed by atoms with Gasteiger partial charge in [0.1, 0.15) is 11.5 Å². The lowest BCUT2D eigenvalue weighted by atomic mass is 10.1. The first-order valence-corrected chi connectivity index (χ1v) is 12.8. The maximum absolute atomic E-state index is 5.96. The first-order valence-electron chi connectivity index (χ1n) is 12.8. The molecule has 2 aromatic heterocycles. The SMILES string of the molecule is CCCCCCCCCCCCc1ccc(C=C2N=C(c3ccc[nH]3)C=C2OCCC)[nH]1.Cl. The summed E-state index contributed by atoms with van der Waals surface area (Å²) in [4.78, 5) is 11.6. The molecule has 0 fully saturated rings. The molecule has 0 aromatic carbocycles. The number of hydrogen-bond donors (Lipinski definition) is 2. The van der Waals surface area contributed by atoms with Crippen molar-refractivity contribution in [1.82, 2.24) is 9.97 Å². The van der Waals surface area contributed by atoms with Crippen LogP contribution in [-0.4, -0.2) is 22.3 Å². The third kappa shape index (κ3) is 9.29. The molecule has 33 heavy (non-hydrogen) atoms. The summed E-state index contributed by atoms with van der Waals surface area (Å²) >= 11 is 0. The van der Waals surface area contributed by atoms with Crippen molar-refractivity contribution in [3.05, 3.63) is 65.1 Å². The quantitative estimate of drug-likeness (QED) is 0.237. The third-order valence-corrected chi connectivity index (χ3v) is 5.96. The number of H-pyrrole nitrogens is 2. The van der Waals surface area contributed by atoms with E-state index in [4.69, 9.17) is 9.73 Å². The number of rotatable bonds is 16. The van der Waals surface area contributed by atoms with E-state index in [0.29, 0.717) is 6.61 Å². The number of aromatic nitrogens is 2. The molecule has 182 valence electrons. The van der Waals surface area contributed by atoms with Crippen molar-refractivity contribution in [3.63, 3.8) is 0 Å². The Kier molecular flexibility index (Phi) is 12.8. The molecule has 0 bridgehead atoms. The predicted molar refractivity (Wildman–Crippen MR) is 143 cm³/mol. The van der Waals surface area contributed by atoms with E-state index in [1.807, 2.05) is 24.4 Å². The number of allylic oxidation sites excluding steroid dienone is 1. The van der Waals surface area contributed by atoms with E-state index in [0.717, 1.165) is 41.4 Å². The largest absolute Gasteiger partial charge is 0.491 e. The number of halogens is 1. The zero-order valence-electron chi connectivity index (χ0n) is 20.5. The average molecular weight is 472 g/mol. The van der Waals surface area contributed by atoms with Crippen LogP contribution in [-0.2, 0) is 11.2 Å². The van der Waals surface area contributed by atoms with Gasteiger partial charge in [-0.15, -0.1) is 12.4 Å². The molecule has 2 aromatic rings. The van der Waals surface area contributed by atoms with Gasteiger partial charge >= 0.3 is 0 Å². The van der Waals surface area contributed by atoms with Gasteiger partial charge in [-0.05, 0) is 49.6 Å². The number of unbranched alkanes of at least 4 members (excludes halogenated alkanes) is 9. The van der Waals surface area contributed by atoms with Gasteiger partial charge in [0, 0.05) is 23.7 Å². The van der Waals surface area contributed by atoms with Crippen molar-refractivity contribution < 1.29 is 4.74 Å². The number of nitrogens with one attached hydrogen (secondary N) is 2. The van der Waals surface area contributed by atoms with Crippen LogP contribution in [0.15, 0.2) is 53.0 Å². The van der Waals surface area contributed by atoms with Crippen LogP contribution in [0.25, 0.3) is 6.08 Å². The van der Waals surface area contributed by atoms with Crippen molar-refractivity contribution in [2.75, 3.05) is 6.61 Å².